The van der Waals surface area contributed by atoms with E-state index in [0.29, 0.717) is 18.0 Å². The predicted molar refractivity (Wildman–Crippen MR) is 74.1 cm³/mol. The molecule has 0 spiro atoms. The number of nitrogens with zero attached hydrogens (tertiary/aromatic N) is 1. The van der Waals surface area contributed by atoms with Gasteiger partial charge in [0.05, 0.1) is 12.2 Å². The van der Waals surface area contributed by atoms with Crippen molar-refractivity contribution >= 4 is 5.84 Å². The van der Waals surface area contributed by atoms with Crippen LogP contribution in [0.1, 0.15) is 24.5 Å². The van der Waals surface area contributed by atoms with Gasteiger partial charge in [0, 0.05) is 24.8 Å². The fraction of sp³-hybridized carbons (Fsp3) is 0.500. The van der Waals surface area contributed by atoms with Gasteiger partial charge in [-0.3, -0.25) is 0 Å². The number of hydrogen-bond donors (Lipinski definition) is 3. The first-order chi connectivity index (χ1) is 9.63. The van der Waals surface area contributed by atoms with Gasteiger partial charge in [-0.2, -0.15) is 0 Å². The van der Waals surface area contributed by atoms with Crippen LogP contribution in [0, 0.1) is 11.7 Å². The Kier molecular flexibility index (Phi) is 4.92. The van der Waals surface area contributed by atoms with E-state index in [0.717, 1.165) is 19.6 Å². The molecule has 0 radical (unpaired) electrons. The number of ether oxygens (including phenoxy) is 1. The van der Waals surface area contributed by atoms with E-state index in [1.807, 2.05) is 0 Å². The monoisotopic (exact) mass is 281 g/mol. The highest BCUT2D eigenvalue weighted by Gasteiger charge is 2.22. The normalized spacial score (nSPS) is 21.1. The van der Waals surface area contributed by atoms with E-state index >= 15 is 0 Å². The number of rotatable bonds is 5. The zero-order chi connectivity index (χ0) is 14.5. The lowest BCUT2D eigenvalue weighted by atomic mass is 10.0. The molecule has 1 aromatic carbocycles. The molecule has 1 saturated heterocycles. The maximum Gasteiger partial charge on any atom is 0.173 e. The second-order valence-electron chi connectivity index (χ2n) is 5.06. The summed E-state index contributed by atoms with van der Waals surface area (Å²) in [6.07, 6.45) is 1.03. The molecule has 0 bridgehead atoms. The Labute approximate surface area is 117 Å². The number of nitrogens with two attached hydrogens (primary N) is 1. The molecule has 5 nitrogen and oxygen atoms in total. The first-order valence-corrected chi connectivity index (χ1v) is 6.70. The molecule has 1 heterocycles. The van der Waals surface area contributed by atoms with Crippen molar-refractivity contribution in [2.45, 2.75) is 25.9 Å². The van der Waals surface area contributed by atoms with E-state index in [4.69, 9.17) is 15.7 Å². The number of benzene rings is 1. The molecular weight excluding hydrogens is 261 g/mol. The topological polar surface area (TPSA) is 79.9 Å². The first kappa shape index (κ1) is 14.7. The average molecular weight is 281 g/mol. The molecule has 1 aliphatic heterocycles. The van der Waals surface area contributed by atoms with E-state index in [1.54, 1.807) is 12.1 Å². The molecule has 1 aromatic rings. The van der Waals surface area contributed by atoms with E-state index in [9.17, 15) is 4.39 Å². The van der Waals surface area contributed by atoms with E-state index < -0.39 is 5.82 Å². The van der Waals surface area contributed by atoms with Crippen molar-refractivity contribution in [1.29, 1.82) is 0 Å². The van der Waals surface area contributed by atoms with Crippen LogP contribution in [0.3, 0.4) is 0 Å². The third kappa shape index (κ3) is 3.26. The Balaban J connectivity index is 2.02. The number of amidine groups is 1. The van der Waals surface area contributed by atoms with Crippen molar-refractivity contribution < 1.29 is 14.3 Å². The predicted octanol–water partition coefficient (Wildman–Crippen LogP) is 1.43. The Bertz CT molecular complexity index is 487. The lowest BCUT2D eigenvalue weighted by Gasteiger charge is -2.19. The largest absolute Gasteiger partial charge is 0.409 e. The van der Waals surface area contributed by atoms with Gasteiger partial charge in [-0.05, 0) is 25.3 Å². The van der Waals surface area contributed by atoms with Crippen LogP contribution in [-0.4, -0.2) is 30.3 Å². The molecule has 110 valence electrons. The molecule has 1 fully saturated rings. The molecule has 0 saturated carbocycles. The van der Waals surface area contributed by atoms with Crippen LogP contribution >= 0.6 is 0 Å². The number of oxime groups is 1. The minimum absolute atomic E-state index is 0.114. The number of halogens is 1. The fourth-order valence-electron chi connectivity index (χ4n) is 2.35. The van der Waals surface area contributed by atoms with Crippen LogP contribution in [0.15, 0.2) is 23.4 Å². The Morgan fingerprint density at radius 2 is 2.45 bits per heavy atom. The van der Waals surface area contributed by atoms with Gasteiger partial charge in [0.1, 0.15) is 5.82 Å². The smallest absolute Gasteiger partial charge is 0.173 e. The molecule has 0 amide bonds. The molecule has 6 heteroatoms. The van der Waals surface area contributed by atoms with Crippen molar-refractivity contribution in [2.75, 3.05) is 13.2 Å². The Hall–Kier alpha value is -1.66. The highest BCUT2D eigenvalue weighted by atomic mass is 19.1. The van der Waals surface area contributed by atoms with Crippen LogP contribution in [0.5, 0.6) is 0 Å². The zero-order valence-corrected chi connectivity index (χ0v) is 11.5. The summed E-state index contributed by atoms with van der Waals surface area (Å²) in [4.78, 5) is 0. The van der Waals surface area contributed by atoms with Crippen molar-refractivity contribution in [3.8, 4) is 0 Å². The third-order valence-corrected chi connectivity index (χ3v) is 3.75. The maximum absolute atomic E-state index is 14.2. The molecule has 4 N–H and O–H groups in total. The zero-order valence-electron chi connectivity index (χ0n) is 11.5. The standard InChI is InChI=1S/C14H20FN3O2/c1-9(11-5-6-20-8-11)17-7-10-3-2-4-12(13(10)15)14(16)18-19/h2-4,9,11,17,19H,5-8H2,1H3,(H2,16,18). The van der Waals surface area contributed by atoms with Crippen LogP contribution < -0.4 is 11.1 Å². The average Bonchev–Trinajstić information content (AvgIpc) is 2.99. The van der Waals surface area contributed by atoms with Crippen molar-refractivity contribution in [3.63, 3.8) is 0 Å². The third-order valence-electron chi connectivity index (χ3n) is 3.75. The Morgan fingerprint density at radius 1 is 1.65 bits per heavy atom. The lowest BCUT2D eigenvalue weighted by Crippen LogP contribution is -2.33. The SMILES string of the molecule is CC(NCc1cccc(/C(N)=N/O)c1F)C1CCOC1. The molecule has 0 aliphatic carbocycles. The molecule has 1 aliphatic rings. The number of nitrogens with one attached hydrogen (secondary N) is 1. The lowest BCUT2D eigenvalue weighted by molar-refractivity contribution is 0.178. The summed E-state index contributed by atoms with van der Waals surface area (Å²) in [5.41, 5.74) is 6.06. The summed E-state index contributed by atoms with van der Waals surface area (Å²) in [6, 6.07) is 5.12. The molecule has 2 unspecified atom stereocenters. The van der Waals surface area contributed by atoms with Crippen molar-refractivity contribution in [1.82, 2.24) is 5.32 Å². The first-order valence-electron chi connectivity index (χ1n) is 6.70. The minimum Gasteiger partial charge on any atom is -0.409 e. The van der Waals surface area contributed by atoms with Crippen LogP contribution in [0.2, 0.25) is 0 Å². The minimum atomic E-state index is -0.454. The number of hydrogen-bond acceptors (Lipinski definition) is 4. The summed E-state index contributed by atoms with van der Waals surface area (Å²) in [6.45, 7) is 4.02. The highest BCUT2D eigenvalue weighted by molar-refractivity contribution is 5.97. The summed E-state index contributed by atoms with van der Waals surface area (Å²) < 4.78 is 19.5. The molecule has 0 aromatic heterocycles. The summed E-state index contributed by atoms with van der Waals surface area (Å²) in [5.74, 6) is -0.211. The molecular formula is C14H20FN3O2. The summed E-state index contributed by atoms with van der Waals surface area (Å²) >= 11 is 0. The van der Waals surface area contributed by atoms with Gasteiger partial charge < -0.3 is 21.0 Å². The molecule has 2 atom stereocenters. The Morgan fingerprint density at radius 3 is 3.10 bits per heavy atom. The van der Waals surface area contributed by atoms with E-state index in [2.05, 4.69) is 17.4 Å². The maximum atomic E-state index is 14.2. The molecule has 20 heavy (non-hydrogen) atoms. The van der Waals surface area contributed by atoms with Crippen LogP contribution in [-0.2, 0) is 11.3 Å². The highest BCUT2D eigenvalue weighted by Crippen LogP contribution is 2.18. The molecule has 2 rings (SSSR count). The van der Waals surface area contributed by atoms with Gasteiger partial charge in [0.2, 0.25) is 0 Å². The van der Waals surface area contributed by atoms with E-state index in [1.165, 1.54) is 6.07 Å². The van der Waals surface area contributed by atoms with Gasteiger partial charge in [0.15, 0.2) is 5.84 Å². The van der Waals surface area contributed by atoms with Gasteiger partial charge in [0.25, 0.3) is 0 Å². The second-order valence-corrected chi connectivity index (χ2v) is 5.06. The second kappa shape index (κ2) is 6.67. The van der Waals surface area contributed by atoms with Crippen molar-refractivity contribution in [2.24, 2.45) is 16.8 Å². The van der Waals surface area contributed by atoms with Crippen LogP contribution in [0.25, 0.3) is 0 Å². The van der Waals surface area contributed by atoms with Crippen molar-refractivity contribution in [3.05, 3.63) is 35.1 Å². The van der Waals surface area contributed by atoms with E-state index in [-0.39, 0.29) is 17.4 Å². The van der Waals surface area contributed by atoms with Gasteiger partial charge in [-0.25, -0.2) is 4.39 Å². The fourth-order valence-corrected chi connectivity index (χ4v) is 2.35. The van der Waals surface area contributed by atoms with Gasteiger partial charge >= 0.3 is 0 Å². The summed E-state index contributed by atoms with van der Waals surface area (Å²) in [7, 11) is 0. The quantitative estimate of drug-likeness (QED) is 0.330. The van der Waals surface area contributed by atoms with Gasteiger partial charge in [-0.15, -0.1) is 0 Å². The van der Waals surface area contributed by atoms with Gasteiger partial charge in [-0.1, -0.05) is 17.3 Å². The summed E-state index contributed by atoms with van der Waals surface area (Å²) in [5, 5.41) is 14.8. The van der Waals surface area contributed by atoms with Crippen LogP contribution in [0.4, 0.5) is 4.39 Å².